The van der Waals surface area contributed by atoms with Gasteiger partial charge in [-0.3, -0.25) is 4.79 Å². The van der Waals surface area contributed by atoms with Crippen LogP contribution in [0, 0.1) is 5.41 Å². The molecule has 0 aromatic rings. The van der Waals surface area contributed by atoms with Crippen molar-refractivity contribution >= 4 is 5.91 Å². The van der Waals surface area contributed by atoms with E-state index >= 15 is 0 Å². The fraction of sp³-hybridized carbons (Fsp3) is 0.923. The van der Waals surface area contributed by atoms with Gasteiger partial charge in [-0.05, 0) is 31.1 Å². The summed E-state index contributed by atoms with van der Waals surface area (Å²) in [7, 11) is 0. The first-order valence-corrected chi connectivity index (χ1v) is 6.61. The van der Waals surface area contributed by atoms with E-state index in [9.17, 15) is 4.79 Å². The van der Waals surface area contributed by atoms with Crippen LogP contribution in [0.2, 0.25) is 0 Å². The third kappa shape index (κ3) is 3.68. The lowest BCUT2D eigenvalue weighted by molar-refractivity contribution is -0.127. The average Bonchev–Trinajstić information content (AvgIpc) is 2.36. The molecule has 1 aliphatic rings. The lowest BCUT2D eigenvalue weighted by Gasteiger charge is -2.35. The minimum atomic E-state index is -0.707. The number of nitrogens with one attached hydrogen (secondary N) is 1. The van der Waals surface area contributed by atoms with Gasteiger partial charge in [0, 0.05) is 19.8 Å². The van der Waals surface area contributed by atoms with Gasteiger partial charge in [0.1, 0.15) is 0 Å². The Labute approximate surface area is 104 Å². The molecule has 1 saturated heterocycles. The van der Waals surface area contributed by atoms with E-state index in [4.69, 9.17) is 10.5 Å². The highest BCUT2D eigenvalue weighted by atomic mass is 16.5. The quantitative estimate of drug-likeness (QED) is 0.766. The molecule has 0 aromatic carbocycles. The third-order valence-corrected chi connectivity index (χ3v) is 4.09. The summed E-state index contributed by atoms with van der Waals surface area (Å²) >= 11 is 0. The SMILES string of the molecule is CCC(N)(CC)C(=O)NCC1(C)CCOCC1. The second-order valence-electron chi connectivity index (χ2n) is 5.47. The van der Waals surface area contributed by atoms with E-state index in [0.717, 1.165) is 26.1 Å². The monoisotopic (exact) mass is 242 g/mol. The summed E-state index contributed by atoms with van der Waals surface area (Å²) in [6.45, 7) is 8.40. The second kappa shape index (κ2) is 5.83. The first-order valence-electron chi connectivity index (χ1n) is 6.61. The maximum atomic E-state index is 12.0. The predicted molar refractivity (Wildman–Crippen MR) is 68.7 cm³/mol. The molecule has 1 heterocycles. The van der Waals surface area contributed by atoms with Gasteiger partial charge in [0.05, 0.1) is 5.54 Å². The molecule has 4 heteroatoms. The van der Waals surface area contributed by atoms with Crippen molar-refractivity contribution in [2.75, 3.05) is 19.8 Å². The van der Waals surface area contributed by atoms with Crippen LogP contribution in [0.15, 0.2) is 0 Å². The van der Waals surface area contributed by atoms with Crippen molar-refractivity contribution in [1.82, 2.24) is 5.32 Å². The first-order chi connectivity index (χ1) is 7.96. The number of nitrogens with two attached hydrogens (primary N) is 1. The number of rotatable bonds is 5. The molecule has 0 saturated carbocycles. The third-order valence-electron chi connectivity index (χ3n) is 4.09. The Balaban J connectivity index is 2.46. The van der Waals surface area contributed by atoms with Gasteiger partial charge in [-0.2, -0.15) is 0 Å². The molecule has 0 radical (unpaired) electrons. The molecule has 17 heavy (non-hydrogen) atoms. The fourth-order valence-corrected chi connectivity index (χ4v) is 2.08. The Kier molecular flexibility index (Phi) is 4.95. The Morgan fingerprint density at radius 2 is 1.88 bits per heavy atom. The maximum absolute atomic E-state index is 12.0. The Bertz CT molecular complexity index is 256. The van der Waals surface area contributed by atoms with Gasteiger partial charge < -0.3 is 15.8 Å². The van der Waals surface area contributed by atoms with Crippen LogP contribution >= 0.6 is 0 Å². The van der Waals surface area contributed by atoms with Gasteiger partial charge in [-0.15, -0.1) is 0 Å². The topological polar surface area (TPSA) is 64.4 Å². The van der Waals surface area contributed by atoms with Gasteiger partial charge in [0.15, 0.2) is 0 Å². The van der Waals surface area contributed by atoms with Crippen LogP contribution in [0.4, 0.5) is 0 Å². The molecule has 1 fully saturated rings. The zero-order valence-corrected chi connectivity index (χ0v) is 11.3. The predicted octanol–water partition coefficient (Wildman–Crippen LogP) is 1.44. The van der Waals surface area contributed by atoms with E-state index in [2.05, 4.69) is 12.2 Å². The number of amides is 1. The van der Waals surface area contributed by atoms with E-state index < -0.39 is 5.54 Å². The molecule has 1 aliphatic heterocycles. The van der Waals surface area contributed by atoms with Gasteiger partial charge in [-0.1, -0.05) is 20.8 Å². The Morgan fingerprint density at radius 1 is 1.35 bits per heavy atom. The molecule has 4 nitrogen and oxygen atoms in total. The van der Waals surface area contributed by atoms with Gasteiger partial charge in [0.25, 0.3) is 0 Å². The lowest BCUT2D eigenvalue weighted by Crippen LogP contribution is -2.55. The van der Waals surface area contributed by atoms with Crippen LogP contribution in [0.3, 0.4) is 0 Å². The van der Waals surface area contributed by atoms with Crippen LogP contribution in [0.25, 0.3) is 0 Å². The number of hydrogen-bond donors (Lipinski definition) is 2. The largest absolute Gasteiger partial charge is 0.381 e. The van der Waals surface area contributed by atoms with Crippen molar-refractivity contribution in [3.05, 3.63) is 0 Å². The summed E-state index contributed by atoms with van der Waals surface area (Å²) < 4.78 is 5.34. The molecule has 100 valence electrons. The normalized spacial score (nSPS) is 20.0. The molecular formula is C13H26N2O2. The molecule has 0 atom stereocenters. The fourth-order valence-electron chi connectivity index (χ4n) is 2.08. The number of ether oxygens (including phenoxy) is 1. The van der Waals surface area contributed by atoms with Crippen LogP contribution in [0.5, 0.6) is 0 Å². The van der Waals surface area contributed by atoms with Gasteiger partial charge in [0.2, 0.25) is 5.91 Å². The van der Waals surface area contributed by atoms with E-state index in [1.54, 1.807) is 0 Å². The molecule has 0 aromatic heterocycles. The zero-order chi connectivity index (χ0) is 12.9. The minimum absolute atomic E-state index is 0.0183. The van der Waals surface area contributed by atoms with Crippen molar-refractivity contribution < 1.29 is 9.53 Å². The summed E-state index contributed by atoms with van der Waals surface area (Å²) in [6, 6.07) is 0. The smallest absolute Gasteiger partial charge is 0.240 e. The van der Waals surface area contributed by atoms with Crippen LogP contribution in [-0.4, -0.2) is 31.2 Å². The van der Waals surface area contributed by atoms with Crippen molar-refractivity contribution in [3.8, 4) is 0 Å². The van der Waals surface area contributed by atoms with Crippen molar-refractivity contribution in [3.63, 3.8) is 0 Å². The second-order valence-corrected chi connectivity index (χ2v) is 5.47. The van der Waals surface area contributed by atoms with Crippen LogP contribution in [0.1, 0.15) is 46.5 Å². The number of hydrogen-bond acceptors (Lipinski definition) is 3. The molecular weight excluding hydrogens is 216 g/mol. The molecule has 3 N–H and O–H groups in total. The standard InChI is InChI=1S/C13H26N2O2/c1-4-13(14,5-2)11(16)15-10-12(3)6-8-17-9-7-12/h4-10,14H2,1-3H3,(H,15,16). The zero-order valence-electron chi connectivity index (χ0n) is 11.3. The van der Waals surface area contributed by atoms with Crippen LogP contribution < -0.4 is 11.1 Å². The molecule has 1 amide bonds. The molecule has 0 bridgehead atoms. The van der Waals surface area contributed by atoms with Gasteiger partial charge >= 0.3 is 0 Å². The first kappa shape index (κ1) is 14.5. The van der Waals surface area contributed by atoms with Crippen molar-refractivity contribution in [1.29, 1.82) is 0 Å². The summed E-state index contributed by atoms with van der Waals surface area (Å²) in [5, 5.41) is 3.02. The minimum Gasteiger partial charge on any atom is -0.381 e. The molecule has 0 aliphatic carbocycles. The summed E-state index contributed by atoms with van der Waals surface area (Å²) in [5.41, 5.74) is 5.52. The highest BCUT2D eigenvalue weighted by molar-refractivity contribution is 5.85. The summed E-state index contributed by atoms with van der Waals surface area (Å²) in [5.74, 6) is -0.0183. The summed E-state index contributed by atoms with van der Waals surface area (Å²) in [4.78, 5) is 12.0. The number of carbonyl (C=O) groups excluding carboxylic acids is 1. The van der Waals surface area contributed by atoms with Gasteiger partial charge in [-0.25, -0.2) is 0 Å². The molecule has 0 unspecified atom stereocenters. The Hall–Kier alpha value is -0.610. The van der Waals surface area contributed by atoms with Crippen molar-refractivity contribution in [2.45, 2.75) is 52.0 Å². The van der Waals surface area contributed by atoms with Crippen molar-refractivity contribution in [2.24, 2.45) is 11.1 Å². The lowest BCUT2D eigenvalue weighted by atomic mass is 9.82. The Morgan fingerprint density at radius 3 is 2.35 bits per heavy atom. The van der Waals surface area contributed by atoms with E-state index in [-0.39, 0.29) is 11.3 Å². The van der Waals surface area contributed by atoms with E-state index in [0.29, 0.717) is 19.4 Å². The van der Waals surface area contributed by atoms with E-state index in [1.165, 1.54) is 0 Å². The van der Waals surface area contributed by atoms with E-state index in [1.807, 2.05) is 13.8 Å². The highest BCUT2D eigenvalue weighted by Gasteiger charge is 2.33. The maximum Gasteiger partial charge on any atom is 0.240 e. The number of carbonyl (C=O) groups is 1. The summed E-state index contributed by atoms with van der Waals surface area (Å²) in [6.07, 6.45) is 3.36. The molecule has 0 spiro atoms. The molecule has 1 rings (SSSR count). The highest BCUT2D eigenvalue weighted by Crippen LogP contribution is 2.28. The van der Waals surface area contributed by atoms with Crippen LogP contribution in [-0.2, 0) is 9.53 Å². The average molecular weight is 242 g/mol.